The lowest BCUT2D eigenvalue weighted by Gasteiger charge is -2.10. The van der Waals surface area contributed by atoms with Gasteiger partial charge < -0.3 is 15.3 Å². The topological polar surface area (TPSA) is 87.1 Å². The molecule has 0 aliphatic rings. The van der Waals surface area contributed by atoms with Gasteiger partial charge in [-0.05, 0) is 12.1 Å². The van der Waals surface area contributed by atoms with Crippen LogP contribution in [0.5, 0.6) is 5.75 Å². The van der Waals surface area contributed by atoms with Crippen LogP contribution in [-0.4, -0.2) is 12.2 Å². The number of methoxy groups -OCH3 is 1. The van der Waals surface area contributed by atoms with Gasteiger partial charge >= 0.3 is 0 Å². The van der Waals surface area contributed by atoms with Crippen LogP contribution in [-0.2, 0) is 6.54 Å². The molecule has 0 unspecified atom stereocenters. The number of anilines is 2. The van der Waals surface area contributed by atoms with E-state index >= 15 is 0 Å². The molecule has 0 saturated carbocycles. The second-order valence-electron chi connectivity index (χ2n) is 3.68. The Morgan fingerprint density at radius 1 is 1.33 bits per heavy atom. The third kappa shape index (κ3) is 2.60. The summed E-state index contributed by atoms with van der Waals surface area (Å²) < 4.78 is 5.23. The summed E-state index contributed by atoms with van der Waals surface area (Å²) in [7, 11) is 1.62. The summed E-state index contributed by atoms with van der Waals surface area (Å²) in [6.07, 6.45) is 0. The maximum Gasteiger partial charge on any atom is 0.296 e. The van der Waals surface area contributed by atoms with Crippen molar-refractivity contribution in [2.75, 3.05) is 18.2 Å². The van der Waals surface area contributed by atoms with Gasteiger partial charge in [-0.1, -0.05) is 23.3 Å². The zero-order valence-electron chi connectivity index (χ0n) is 9.96. The molecule has 0 spiro atoms. The van der Waals surface area contributed by atoms with Gasteiger partial charge in [0, 0.05) is 18.2 Å². The summed E-state index contributed by atoms with van der Waals surface area (Å²) in [4.78, 5) is 0.380. The number of benzene rings is 1. The van der Waals surface area contributed by atoms with E-state index in [4.69, 9.17) is 10.5 Å². The first-order valence-electron chi connectivity index (χ1n) is 5.43. The van der Waals surface area contributed by atoms with Gasteiger partial charge in [-0.3, -0.25) is 5.73 Å². The summed E-state index contributed by atoms with van der Waals surface area (Å²) in [5, 5.41) is 18.0. The van der Waals surface area contributed by atoms with Crippen molar-refractivity contribution >= 4 is 11.6 Å². The Balaban J connectivity index is 2.09. The minimum Gasteiger partial charge on any atom is -0.691 e. The van der Waals surface area contributed by atoms with Gasteiger partial charge in [-0.15, -0.1) is 4.85 Å². The molecule has 0 saturated heterocycles. The monoisotopic (exact) mass is 246 g/mol. The van der Waals surface area contributed by atoms with Crippen LogP contribution in [0.25, 0.3) is 0 Å². The molecule has 2 aromatic rings. The van der Waals surface area contributed by atoms with Crippen LogP contribution < -0.4 is 20.6 Å². The molecular formula is C12H14N4O2. The number of aromatic nitrogens is 2. The predicted octanol–water partition coefficient (Wildman–Crippen LogP) is 0.918. The third-order valence-corrected chi connectivity index (χ3v) is 2.48. The molecule has 0 aliphatic heterocycles. The Morgan fingerprint density at radius 3 is 2.83 bits per heavy atom. The van der Waals surface area contributed by atoms with E-state index in [-0.39, 0.29) is 5.82 Å². The van der Waals surface area contributed by atoms with Gasteiger partial charge in [-0.25, -0.2) is 0 Å². The van der Waals surface area contributed by atoms with E-state index in [1.807, 2.05) is 24.3 Å². The van der Waals surface area contributed by atoms with E-state index in [9.17, 15) is 5.21 Å². The normalized spacial score (nSPS) is 10.1. The van der Waals surface area contributed by atoms with Crippen molar-refractivity contribution in [3.8, 4) is 5.75 Å². The van der Waals surface area contributed by atoms with E-state index in [1.165, 1.54) is 6.07 Å². The van der Waals surface area contributed by atoms with Gasteiger partial charge in [0.15, 0.2) is 5.82 Å². The zero-order chi connectivity index (χ0) is 13.0. The number of nitrogen functional groups attached to an aromatic ring is 1. The van der Waals surface area contributed by atoms with E-state index in [0.717, 1.165) is 11.3 Å². The molecule has 1 aromatic carbocycles. The molecule has 18 heavy (non-hydrogen) atoms. The number of ether oxygens (including phenoxy) is 1. The van der Waals surface area contributed by atoms with Crippen LogP contribution in [0, 0.1) is 5.21 Å². The Labute approximate surface area is 105 Å². The standard InChI is InChI=1S/C12H14N4O2/c1-18-10-5-3-2-4-9(10)8-14-12-7-6-11(13)16(17)15-12/h2-7H,8,13H2,1H3,(H,14,15). The number of para-hydroxylation sites is 1. The zero-order valence-corrected chi connectivity index (χ0v) is 9.96. The highest BCUT2D eigenvalue weighted by molar-refractivity contribution is 5.40. The largest absolute Gasteiger partial charge is 0.691 e. The summed E-state index contributed by atoms with van der Waals surface area (Å²) in [6, 6.07) is 10.8. The fraction of sp³-hybridized carbons (Fsp3) is 0.167. The van der Waals surface area contributed by atoms with Crippen molar-refractivity contribution < 1.29 is 9.58 Å². The molecular weight excluding hydrogens is 232 g/mol. The fourth-order valence-corrected chi connectivity index (χ4v) is 1.55. The van der Waals surface area contributed by atoms with Gasteiger partial charge in [-0.2, -0.15) is 0 Å². The highest BCUT2D eigenvalue weighted by atomic mass is 16.5. The predicted molar refractivity (Wildman–Crippen MR) is 67.9 cm³/mol. The van der Waals surface area contributed by atoms with E-state index < -0.39 is 0 Å². The average molecular weight is 246 g/mol. The summed E-state index contributed by atoms with van der Waals surface area (Å²) >= 11 is 0. The lowest BCUT2D eigenvalue weighted by atomic mass is 10.2. The number of hydrogen-bond acceptors (Lipinski definition) is 5. The van der Waals surface area contributed by atoms with Crippen LogP contribution in [0.3, 0.4) is 0 Å². The summed E-state index contributed by atoms with van der Waals surface area (Å²) in [5.41, 5.74) is 6.36. The number of rotatable bonds is 4. The van der Waals surface area contributed by atoms with Gasteiger partial charge in [0.2, 0.25) is 0 Å². The second-order valence-corrected chi connectivity index (χ2v) is 3.68. The molecule has 0 aliphatic carbocycles. The lowest BCUT2D eigenvalue weighted by molar-refractivity contribution is -0.653. The van der Waals surface area contributed by atoms with Gasteiger partial charge in [0.25, 0.3) is 5.82 Å². The highest BCUT2D eigenvalue weighted by Gasteiger charge is 2.04. The van der Waals surface area contributed by atoms with Crippen molar-refractivity contribution in [2.24, 2.45) is 0 Å². The van der Waals surface area contributed by atoms with Crippen LogP contribution in [0.4, 0.5) is 11.6 Å². The lowest BCUT2D eigenvalue weighted by Crippen LogP contribution is -2.35. The summed E-state index contributed by atoms with van der Waals surface area (Å²) in [6.45, 7) is 0.515. The molecule has 6 heteroatoms. The van der Waals surface area contributed by atoms with Crippen molar-refractivity contribution in [2.45, 2.75) is 6.54 Å². The molecule has 1 heterocycles. The fourth-order valence-electron chi connectivity index (χ4n) is 1.55. The molecule has 3 N–H and O–H groups in total. The van der Waals surface area contributed by atoms with Crippen LogP contribution in [0.2, 0.25) is 0 Å². The SMILES string of the molecule is COc1ccccc1CNc1ccc(N)[n+]([O-])n1. The summed E-state index contributed by atoms with van der Waals surface area (Å²) in [5.74, 6) is 1.32. The van der Waals surface area contributed by atoms with Crippen molar-refractivity contribution in [1.29, 1.82) is 0 Å². The van der Waals surface area contributed by atoms with Crippen LogP contribution in [0.1, 0.15) is 5.56 Å². The molecule has 0 amide bonds. The van der Waals surface area contributed by atoms with Crippen LogP contribution >= 0.6 is 0 Å². The van der Waals surface area contributed by atoms with E-state index in [1.54, 1.807) is 13.2 Å². The van der Waals surface area contributed by atoms with Crippen LogP contribution in [0.15, 0.2) is 36.4 Å². The average Bonchev–Trinajstić information content (AvgIpc) is 2.40. The maximum atomic E-state index is 11.2. The number of nitrogens with zero attached hydrogens (tertiary/aromatic N) is 2. The van der Waals surface area contributed by atoms with Gasteiger partial charge in [0.1, 0.15) is 5.75 Å². The molecule has 0 radical (unpaired) electrons. The molecule has 0 fully saturated rings. The Hall–Kier alpha value is -2.50. The smallest absolute Gasteiger partial charge is 0.296 e. The number of nitrogens with one attached hydrogen (secondary N) is 1. The van der Waals surface area contributed by atoms with E-state index in [0.29, 0.717) is 17.2 Å². The van der Waals surface area contributed by atoms with Crippen molar-refractivity contribution in [3.63, 3.8) is 0 Å². The number of nitrogens with two attached hydrogens (primary N) is 1. The Kier molecular flexibility index (Phi) is 3.47. The molecule has 94 valence electrons. The van der Waals surface area contributed by atoms with Gasteiger partial charge in [0.05, 0.1) is 7.11 Å². The number of hydrogen-bond donors (Lipinski definition) is 2. The molecule has 1 aromatic heterocycles. The first-order valence-corrected chi connectivity index (χ1v) is 5.43. The van der Waals surface area contributed by atoms with E-state index in [2.05, 4.69) is 10.4 Å². The highest BCUT2D eigenvalue weighted by Crippen LogP contribution is 2.18. The molecule has 6 nitrogen and oxygen atoms in total. The molecule has 0 atom stereocenters. The van der Waals surface area contributed by atoms with Crippen molar-refractivity contribution in [3.05, 3.63) is 47.2 Å². The quantitative estimate of drug-likeness (QED) is 0.618. The van der Waals surface area contributed by atoms with Crippen molar-refractivity contribution in [1.82, 2.24) is 5.10 Å². The Morgan fingerprint density at radius 2 is 2.11 bits per heavy atom. The minimum absolute atomic E-state index is 0.0674. The first kappa shape index (κ1) is 12.0. The minimum atomic E-state index is 0.0674. The second kappa shape index (κ2) is 5.22. The molecule has 2 rings (SSSR count). The third-order valence-electron chi connectivity index (χ3n) is 2.48. The Bertz CT molecular complexity index is 545. The first-order chi connectivity index (χ1) is 8.70. The molecule has 0 bridgehead atoms. The maximum absolute atomic E-state index is 11.2.